The minimum atomic E-state index is -2.50. The summed E-state index contributed by atoms with van der Waals surface area (Å²) in [6.07, 6.45) is -2.50. The van der Waals surface area contributed by atoms with Crippen molar-refractivity contribution in [2.45, 2.75) is 13.0 Å². The summed E-state index contributed by atoms with van der Waals surface area (Å²) in [4.78, 5) is 1.24. The van der Waals surface area contributed by atoms with E-state index in [9.17, 15) is 13.2 Å². The molecule has 1 aromatic carbocycles. The largest absolute Gasteiger partial charge is 0.383 e. The normalized spacial score (nSPS) is 11.1. The molecule has 0 saturated carbocycles. The molecule has 0 spiro atoms. The van der Waals surface area contributed by atoms with Crippen LogP contribution in [0.5, 0.6) is 0 Å². The fourth-order valence-electron chi connectivity index (χ4n) is 1.83. The highest BCUT2D eigenvalue weighted by Gasteiger charge is 2.16. The van der Waals surface area contributed by atoms with Crippen LogP contribution in [0.2, 0.25) is 0 Å². The fourth-order valence-corrected chi connectivity index (χ4v) is 1.83. The number of hydrogen-bond donors (Lipinski definition) is 1. The lowest BCUT2D eigenvalue weighted by atomic mass is 10.1. The van der Waals surface area contributed by atoms with Crippen molar-refractivity contribution in [1.29, 1.82) is 0 Å². The number of anilines is 1. The molecule has 0 fully saturated rings. The Morgan fingerprint density at radius 3 is 2.74 bits per heavy atom. The van der Waals surface area contributed by atoms with E-state index >= 15 is 0 Å². The average molecular weight is 276 g/mol. The standard InChI is InChI=1S/C13H19F3N2O/c1-18(9-12(15)16)13-10(4-3-5-11(13)14)8-17-6-7-19-2/h3-5,12,17H,6-9H2,1-2H3. The van der Waals surface area contributed by atoms with Crippen LogP contribution in [0.25, 0.3) is 0 Å². The van der Waals surface area contributed by atoms with Gasteiger partial charge in [0.15, 0.2) is 0 Å². The second-order valence-electron chi connectivity index (χ2n) is 4.19. The van der Waals surface area contributed by atoms with Gasteiger partial charge in [0.05, 0.1) is 18.8 Å². The van der Waals surface area contributed by atoms with Crippen LogP contribution in [-0.4, -0.2) is 40.3 Å². The van der Waals surface area contributed by atoms with Gasteiger partial charge in [-0.15, -0.1) is 0 Å². The zero-order chi connectivity index (χ0) is 14.3. The molecule has 3 nitrogen and oxygen atoms in total. The number of methoxy groups -OCH3 is 1. The third-order valence-corrected chi connectivity index (χ3v) is 2.66. The highest BCUT2D eigenvalue weighted by atomic mass is 19.3. The molecule has 0 aromatic heterocycles. The minimum absolute atomic E-state index is 0.215. The van der Waals surface area contributed by atoms with Gasteiger partial charge in [-0.3, -0.25) is 0 Å². The van der Waals surface area contributed by atoms with Gasteiger partial charge in [-0.25, -0.2) is 13.2 Å². The van der Waals surface area contributed by atoms with Crippen molar-refractivity contribution in [3.63, 3.8) is 0 Å². The molecular weight excluding hydrogens is 257 g/mol. The van der Waals surface area contributed by atoms with Crippen molar-refractivity contribution in [2.75, 3.05) is 38.8 Å². The first-order valence-electron chi connectivity index (χ1n) is 6.02. The van der Waals surface area contributed by atoms with E-state index in [-0.39, 0.29) is 5.69 Å². The van der Waals surface area contributed by atoms with Crippen LogP contribution in [0.3, 0.4) is 0 Å². The average Bonchev–Trinajstić information content (AvgIpc) is 2.33. The van der Waals surface area contributed by atoms with E-state index in [1.54, 1.807) is 19.2 Å². The monoisotopic (exact) mass is 276 g/mol. The Morgan fingerprint density at radius 2 is 2.11 bits per heavy atom. The minimum Gasteiger partial charge on any atom is -0.383 e. The summed E-state index contributed by atoms with van der Waals surface area (Å²) < 4.78 is 43.5. The summed E-state index contributed by atoms with van der Waals surface area (Å²) in [7, 11) is 3.05. The van der Waals surface area contributed by atoms with Gasteiger partial charge < -0.3 is 15.0 Å². The van der Waals surface area contributed by atoms with E-state index < -0.39 is 18.8 Å². The maximum atomic E-state index is 13.8. The van der Waals surface area contributed by atoms with Crippen LogP contribution in [0.15, 0.2) is 18.2 Å². The first-order valence-corrected chi connectivity index (χ1v) is 6.02. The number of para-hydroxylation sites is 1. The number of benzene rings is 1. The fraction of sp³-hybridized carbons (Fsp3) is 0.538. The zero-order valence-corrected chi connectivity index (χ0v) is 11.1. The van der Waals surface area contributed by atoms with Crippen molar-refractivity contribution in [3.8, 4) is 0 Å². The molecule has 0 aliphatic rings. The van der Waals surface area contributed by atoms with Gasteiger partial charge in [-0.05, 0) is 11.6 Å². The summed E-state index contributed by atoms with van der Waals surface area (Å²) in [5.41, 5.74) is 0.868. The number of hydrogen-bond acceptors (Lipinski definition) is 3. The van der Waals surface area contributed by atoms with Crippen LogP contribution >= 0.6 is 0 Å². The first-order chi connectivity index (χ1) is 9.06. The maximum absolute atomic E-state index is 13.8. The van der Waals surface area contributed by atoms with Gasteiger partial charge in [-0.2, -0.15) is 0 Å². The highest BCUT2D eigenvalue weighted by molar-refractivity contribution is 5.54. The predicted octanol–water partition coefficient (Wildman–Crippen LogP) is 2.26. The SMILES string of the molecule is COCCNCc1cccc(F)c1N(C)CC(F)F. The van der Waals surface area contributed by atoms with Gasteiger partial charge >= 0.3 is 0 Å². The molecule has 6 heteroatoms. The van der Waals surface area contributed by atoms with E-state index in [2.05, 4.69) is 5.32 Å². The molecule has 1 rings (SSSR count). The number of ether oxygens (including phenoxy) is 1. The lowest BCUT2D eigenvalue weighted by Crippen LogP contribution is -2.27. The van der Waals surface area contributed by atoms with E-state index in [4.69, 9.17) is 4.74 Å². The Morgan fingerprint density at radius 1 is 1.37 bits per heavy atom. The van der Waals surface area contributed by atoms with Crippen LogP contribution in [0.4, 0.5) is 18.9 Å². The Hall–Kier alpha value is -1.27. The van der Waals surface area contributed by atoms with E-state index in [0.717, 1.165) is 0 Å². The van der Waals surface area contributed by atoms with Gasteiger partial charge in [0.25, 0.3) is 6.43 Å². The lowest BCUT2D eigenvalue weighted by Gasteiger charge is -2.23. The van der Waals surface area contributed by atoms with E-state index in [1.807, 2.05) is 0 Å². The van der Waals surface area contributed by atoms with Crippen LogP contribution < -0.4 is 10.2 Å². The van der Waals surface area contributed by atoms with Crippen molar-refractivity contribution in [1.82, 2.24) is 5.32 Å². The predicted molar refractivity (Wildman–Crippen MR) is 69.3 cm³/mol. The molecule has 19 heavy (non-hydrogen) atoms. The Bertz CT molecular complexity index is 388. The molecule has 0 aliphatic carbocycles. The van der Waals surface area contributed by atoms with Crippen molar-refractivity contribution < 1.29 is 17.9 Å². The molecule has 1 N–H and O–H groups in total. The number of rotatable bonds is 8. The third-order valence-electron chi connectivity index (χ3n) is 2.66. The lowest BCUT2D eigenvalue weighted by molar-refractivity contribution is 0.156. The van der Waals surface area contributed by atoms with Crippen molar-refractivity contribution in [3.05, 3.63) is 29.6 Å². The summed E-state index contributed by atoms with van der Waals surface area (Å²) in [6, 6.07) is 4.57. The van der Waals surface area contributed by atoms with Gasteiger partial charge in [0.1, 0.15) is 5.82 Å². The van der Waals surface area contributed by atoms with E-state index in [0.29, 0.717) is 25.3 Å². The van der Waals surface area contributed by atoms with Crippen LogP contribution in [0, 0.1) is 5.82 Å². The van der Waals surface area contributed by atoms with Crippen molar-refractivity contribution >= 4 is 5.69 Å². The molecule has 108 valence electrons. The second kappa shape index (κ2) is 8.01. The van der Waals surface area contributed by atoms with Gasteiger partial charge in [0.2, 0.25) is 0 Å². The highest BCUT2D eigenvalue weighted by Crippen LogP contribution is 2.24. The van der Waals surface area contributed by atoms with Crippen LogP contribution in [0.1, 0.15) is 5.56 Å². The molecule has 0 heterocycles. The second-order valence-corrected chi connectivity index (χ2v) is 4.19. The van der Waals surface area contributed by atoms with Gasteiger partial charge in [0, 0.05) is 27.2 Å². The maximum Gasteiger partial charge on any atom is 0.255 e. The summed E-state index contributed by atoms with van der Waals surface area (Å²) in [5, 5.41) is 3.07. The Kier molecular flexibility index (Phi) is 6.66. The molecule has 0 saturated heterocycles. The van der Waals surface area contributed by atoms with Gasteiger partial charge in [-0.1, -0.05) is 12.1 Å². The summed E-state index contributed by atoms with van der Waals surface area (Å²) >= 11 is 0. The van der Waals surface area contributed by atoms with Crippen LogP contribution in [-0.2, 0) is 11.3 Å². The molecule has 0 radical (unpaired) electrons. The number of halogens is 3. The molecule has 0 amide bonds. The zero-order valence-electron chi connectivity index (χ0n) is 11.1. The Balaban J connectivity index is 2.76. The summed E-state index contributed by atoms with van der Waals surface area (Å²) in [6.45, 7) is 1.07. The molecule has 0 unspecified atom stereocenters. The smallest absolute Gasteiger partial charge is 0.255 e. The first kappa shape index (κ1) is 15.8. The summed E-state index contributed by atoms with van der Waals surface area (Å²) in [5.74, 6) is -0.491. The number of nitrogens with zero attached hydrogens (tertiary/aromatic N) is 1. The van der Waals surface area contributed by atoms with Crippen molar-refractivity contribution in [2.24, 2.45) is 0 Å². The molecule has 0 aliphatic heterocycles. The topological polar surface area (TPSA) is 24.5 Å². The third kappa shape index (κ3) is 5.08. The number of alkyl halides is 2. The quantitative estimate of drug-likeness (QED) is 0.737. The molecular formula is C13H19F3N2O. The Labute approximate surface area is 111 Å². The van der Waals surface area contributed by atoms with E-state index in [1.165, 1.54) is 18.0 Å². The molecule has 0 bridgehead atoms. The molecule has 0 atom stereocenters. The number of nitrogens with one attached hydrogen (secondary N) is 1. The molecule has 1 aromatic rings.